The van der Waals surface area contributed by atoms with Gasteiger partial charge in [-0.1, -0.05) is 112 Å². The Kier molecular flexibility index (Phi) is 9.05. The molecular weight excluding hydrogens is 526 g/mol. The van der Waals surface area contributed by atoms with E-state index >= 15 is 0 Å². The Labute approximate surface area is 256 Å². The third kappa shape index (κ3) is 5.90. The van der Waals surface area contributed by atoms with E-state index in [-0.39, 0.29) is 6.04 Å². The van der Waals surface area contributed by atoms with Gasteiger partial charge in [0.2, 0.25) is 0 Å². The van der Waals surface area contributed by atoms with Gasteiger partial charge in [0.25, 0.3) is 0 Å². The Morgan fingerprint density at radius 2 is 1.37 bits per heavy atom. The highest BCUT2D eigenvalue weighted by Crippen LogP contribution is 2.36. The quantitative estimate of drug-likeness (QED) is 0.150. The van der Waals surface area contributed by atoms with E-state index in [0.717, 1.165) is 61.3 Å². The first-order chi connectivity index (χ1) is 21.2. The maximum Gasteiger partial charge on any atom is 0.157 e. The van der Waals surface area contributed by atoms with Crippen LogP contribution in [0.4, 0.5) is 5.82 Å². The molecule has 0 amide bonds. The monoisotopic (exact) mass is 569 g/mol. The Hall–Kier alpha value is -4.14. The van der Waals surface area contributed by atoms with E-state index in [2.05, 4.69) is 113 Å². The molecule has 1 aliphatic rings. The van der Waals surface area contributed by atoms with Gasteiger partial charge in [-0.15, -0.1) is 0 Å². The molecule has 0 N–H and O–H groups in total. The molecule has 0 spiro atoms. The second-order valence-electron chi connectivity index (χ2n) is 11.9. The first-order valence-electron chi connectivity index (χ1n) is 16.1. The molecule has 0 radical (unpaired) electrons. The summed E-state index contributed by atoms with van der Waals surface area (Å²) >= 11 is 0. The normalized spacial score (nSPS) is 14.1. The summed E-state index contributed by atoms with van der Waals surface area (Å²) in [4.78, 5) is 10.2. The summed E-state index contributed by atoms with van der Waals surface area (Å²) in [6.07, 6.45) is 8.53. The summed E-state index contributed by atoms with van der Waals surface area (Å²) in [5.41, 5.74) is 8.63. The number of piperazine rings is 1. The fourth-order valence-corrected chi connectivity index (χ4v) is 6.95. The van der Waals surface area contributed by atoms with Gasteiger partial charge in [-0.2, -0.15) is 5.26 Å². The van der Waals surface area contributed by atoms with Crippen LogP contribution in [0.25, 0.3) is 16.7 Å². The number of unbranched alkanes of at least 4 members (excludes halogenated alkanes) is 5. The molecule has 1 saturated heterocycles. The minimum absolute atomic E-state index is 0.226. The number of hydrogen-bond acceptors (Lipinski definition) is 4. The molecule has 3 aromatic carbocycles. The summed E-state index contributed by atoms with van der Waals surface area (Å²) in [5.74, 6) is 1.24. The molecule has 5 aromatic rings. The van der Waals surface area contributed by atoms with E-state index < -0.39 is 0 Å². The van der Waals surface area contributed by atoms with Crippen molar-refractivity contribution in [1.29, 1.82) is 5.26 Å². The van der Waals surface area contributed by atoms with Crippen molar-refractivity contribution < 1.29 is 0 Å². The van der Waals surface area contributed by atoms with Crippen LogP contribution in [0, 0.1) is 18.3 Å². The van der Waals surface area contributed by atoms with Gasteiger partial charge in [-0.25, -0.2) is 4.98 Å². The van der Waals surface area contributed by atoms with E-state index in [1.165, 1.54) is 54.6 Å². The number of benzene rings is 3. The summed E-state index contributed by atoms with van der Waals surface area (Å²) in [6, 6.07) is 32.9. The fraction of sp³-hybridized carbons (Fsp3) is 0.368. The molecule has 5 heteroatoms. The molecule has 0 aliphatic carbocycles. The number of imidazole rings is 1. The minimum atomic E-state index is 0.226. The van der Waals surface area contributed by atoms with Crippen molar-refractivity contribution in [3.05, 3.63) is 113 Å². The van der Waals surface area contributed by atoms with E-state index in [0.29, 0.717) is 5.56 Å². The maximum atomic E-state index is 10.3. The average molecular weight is 570 g/mol. The topological polar surface area (TPSA) is 47.6 Å². The van der Waals surface area contributed by atoms with Crippen molar-refractivity contribution in [2.45, 2.75) is 64.8 Å². The van der Waals surface area contributed by atoms with Crippen LogP contribution in [0.15, 0.2) is 84.9 Å². The number of pyridine rings is 1. The number of anilines is 1. The molecule has 2 aromatic heterocycles. The predicted molar refractivity (Wildman–Crippen MR) is 178 cm³/mol. The first kappa shape index (κ1) is 29.0. The summed E-state index contributed by atoms with van der Waals surface area (Å²) in [7, 11) is 0. The molecule has 0 saturated carbocycles. The van der Waals surface area contributed by atoms with E-state index in [1.807, 2.05) is 6.07 Å². The molecule has 3 heterocycles. The number of aromatic nitrogens is 2. The Morgan fingerprint density at radius 3 is 2.02 bits per heavy atom. The van der Waals surface area contributed by atoms with Crippen LogP contribution in [0.3, 0.4) is 0 Å². The standard InChI is InChI=1S/C38H43N5/c1-3-4-5-6-7-14-21-32-29(2)33(28-39)37-40-34-22-15-16-23-35(34)43(37)38(32)42-26-24-41(25-27-42)36(30-17-10-8-11-18-30)31-19-12-9-13-20-31/h8-13,15-20,22-23,36H,3-7,14,21,24-27H2,1-2H3. The third-order valence-electron chi connectivity index (χ3n) is 9.20. The van der Waals surface area contributed by atoms with Gasteiger partial charge in [0, 0.05) is 26.2 Å². The van der Waals surface area contributed by atoms with Gasteiger partial charge in [0.05, 0.1) is 22.6 Å². The Morgan fingerprint density at radius 1 is 0.767 bits per heavy atom. The van der Waals surface area contributed by atoms with Crippen LogP contribution in [-0.2, 0) is 6.42 Å². The van der Waals surface area contributed by atoms with Crippen LogP contribution >= 0.6 is 0 Å². The van der Waals surface area contributed by atoms with E-state index in [4.69, 9.17) is 4.98 Å². The van der Waals surface area contributed by atoms with Crippen molar-refractivity contribution >= 4 is 22.5 Å². The van der Waals surface area contributed by atoms with Crippen LogP contribution in [0.2, 0.25) is 0 Å². The molecule has 220 valence electrons. The molecule has 6 rings (SSSR count). The van der Waals surface area contributed by atoms with Crippen molar-refractivity contribution in [3.63, 3.8) is 0 Å². The number of hydrogen-bond donors (Lipinski definition) is 0. The lowest BCUT2D eigenvalue weighted by molar-refractivity contribution is 0.211. The molecular formula is C38H43N5. The van der Waals surface area contributed by atoms with Gasteiger partial charge in [-0.05, 0) is 54.2 Å². The van der Waals surface area contributed by atoms with Gasteiger partial charge < -0.3 is 4.90 Å². The molecule has 0 bridgehead atoms. The smallest absolute Gasteiger partial charge is 0.157 e. The zero-order chi connectivity index (χ0) is 29.6. The van der Waals surface area contributed by atoms with Crippen LogP contribution in [0.5, 0.6) is 0 Å². The molecule has 1 fully saturated rings. The Balaban J connectivity index is 1.36. The van der Waals surface area contributed by atoms with Gasteiger partial charge in [0.15, 0.2) is 5.65 Å². The van der Waals surface area contributed by atoms with Crippen molar-refractivity contribution in [2.24, 2.45) is 0 Å². The fourth-order valence-electron chi connectivity index (χ4n) is 6.95. The highest BCUT2D eigenvalue weighted by Gasteiger charge is 2.30. The average Bonchev–Trinajstić information content (AvgIpc) is 3.43. The second kappa shape index (κ2) is 13.4. The number of nitriles is 1. The SMILES string of the molecule is CCCCCCCCc1c(C)c(C#N)c2nc3ccccc3n2c1N1CCN(C(c2ccccc2)c2ccccc2)CC1. The van der Waals surface area contributed by atoms with Gasteiger partial charge >= 0.3 is 0 Å². The zero-order valence-electron chi connectivity index (χ0n) is 25.7. The summed E-state index contributed by atoms with van der Waals surface area (Å²) in [6.45, 7) is 8.17. The summed E-state index contributed by atoms with van der Waals surface area (Å²) < 4.78 is 2.30. The van der Waals surface area contributed by atoms with Crippen molar-refractivity contribution in [2.75, 3.05) is 31.1 Å². The number of nitrogens with zero attached hydrogens (tertiary/aromatic N) is 5. The summed E-state index contributed by atoms with van der Waals surface area (Å²) in [5, 5.41) is 10.3. The van der Waals surface area contributed by atoms with Gasteiger partial charge in [0.1, 0.15) is 11.9 Å². The van der Waals surface area contributed by atoms with E-state index in [1.54, 1.807) is 0 Å². The highest BCUT2D eigenvalue weighted by atomic mass is 15.3. The molecule has 0 atom stereocenters. The minimum Gasteiger partial charge on any atom is -0.355 e. The Bertz CT molecular complexity index is 1650. The number of para-hydroxylation sites is 2. The van der Waals surface area contributed by atoms with Crippen LogP contribution < -0.4 is 4.90 Å². The highest BCUT2D eigenvalue weighted by molar-refractivity contribution is 5.86. The largest absolute Gasteiger partial charge is 0.355 e. The number of fused-ring (bicyclic) bond motifs is 3. The van der Waals surface area contributed by atoms with Crippen molar-refractivity contribution in [3.8, 4) is 6.07 Å². The number of rotatable bonds is 11. The molecule has 0 unspecified atom stereocenters. The van der Waals surface area contributed by atoms with Crippen molar-refractivity contribution in [1.82, 2.24) is 14.3 Å². The van der Waals surface area contributed by atoms with E-state index in [9.17, 15) is 5.26 Å². The maximum absolute atomic E-state index is 10.3. The third-order valence-corrected chi connectivity index (χ3v) is 9.20. The molecule has 43 heavy (non-hydrogen) atoms. The van der Waals surface area contributed by atoms with Gasteiger partial charge in [-0.3, -0.25) is 9.30 Å². The lowest BCUT2D eigenvalue weighted by atomic mass is 9.96. The molecule has 1 aliphatic heterocycles. The molecule has 5 nitrogen and oxygen atoms in total. The lowest BCUT2D eigenvalue weighted by Crippen LogP contribution is -2.48. The first-order valence-corrected chi connectivity index (χ1v) is 16.1. The second-order valence-corrected chi connectivity index (χ2v) is 11.9. The predicted octanol–water partition coefficient (Wildman–Crippen LogP) is 8.48. The lowest BCUT2D eigenvalue weighted by Gasteiger charge is -2.41. The van der Waals surface area contributed by atoms with Crippen LogP contribution in [0.1, 0.15) is 79.3 Å². The zero-order valence-corrected chi connectivity index (χ0v) is 25.7. The van der Waals surface area contributed by atoms with Crippen LogP contribution in [-0.4, -0.2) is 40.5 Å².